The van der Waals surface area contributed by atoms with Crippen molar-refractivity contribution in [1.29, 1.82) is 0 Å². The van der Waals surface area contributed by atoms with Gasteiger partial charge in [0.15, 0.2) is 0 Å². The second kappa shape index (κ2) is 7.70. The molecule has 2 rings (SSSR count). The number of carboxylic acids is 1. The van der Waals surface area contributed by atoms with Crippen LogP contribution in [0.4, 0.5) is 0 Å². The average Bonchev–Trinajstić information content (AvgIpc) is 2.52. The van der Waals surface area contributed by atoms with Crippen LogP contribution in [0.5, 0.6) is 0 Å². The minimum Gasteiger partial charge on any atom is -0.477 e. The Labute approximate surface area is 123 Å². The first kappa shape index (κ1) is 15.4. The second-order valence-corrected chi connectivity index (χ2v) is 4.94. The van der Waals surface area contributed by atoms with E-state index in [0.717, 1.165) is 39.1 Å². The number of nitrogens with one attached hydrogen (secondary N) is 2. The van der Waals surface area contributed by atoms with Crippen LogP contribution in [0.25, 0.3) is 0 Å². The van der Waals surface area contributed by atoms with E-state index in [2.05, 4.69) is 20.5 Å². The molecule has 1 fully saturated rings. The van der Waals surface area contributed by atoms with Crippen molar-refractivity contribution in [2.75, 3.05) is 39.3 Å². The van der Waals surface area contributed by atoms with Gasteiger partial charge in [-0.25, -0.2) is 9.78 Å². The summed E-state index contributed by atoms with van der Waals surface area (Å²) in [5.74, 6) is -1.32. The van der Waals surface area contributed by atoms with Crippen LogP contribution in [-0.2, 0) is 0 Å². The van der Waals surface area contributed by atoms with Gasteiger partial charge in [0.25, 0.3) is 5.91 Å². The Hall–Kier alpha value is -1.99. The van der Waals surface area contributed by atoms with Crippen LogP contribution < -0.4 is 10.6 Å². The van der Waals surface area contributed by atoms with Crippen molar-refractivity contribution in [1.82, 2.24) is 20.5 Å². The maximum absolute atomic E-state index is 11.9. The number of piperazine rings is 1. The first-order valence-electron chi connectivity index (χ1n) is 7.07. The quantitative estimate of drug-likeness (QED) is 0.629. The van der Waals surface area contributed by atoms with E-state index in [-0.39, 0.29) is 11.6 Å². The van der Waals surface area contributed by atoms with Crippen molar-refractivity contribution >= 4 is 11.9 Å². The molecule has 0 aliphatic carbocycles. The topological polar surface area (TPSA) is 94.6 Å². The summed E-state index contributed by atoms with van der Waals surface area (Å²) in [6.45, 7) is 5.71. The van der Waals surface area contributed by atoms with Crippen molar-refractivity contribution < 1.29 is 14.7 Å². The van der Waals surface area contributed by atoms with E-state index in [1.165, 1.54) is 18.3 Å². The number of carbonyl (C=O) groups excluding carboxylic acids is 1. The highest BCUT2D eigenvalue weighted by Gasteiger charge is 2.10. The molecule has 0 atom stereocenters. The fourth-order valence-corrected chi connectivity index (χ4v) is 2.20. The monoisotopic (exact) mass is 292 g/mol. The van der Waals surface area contributed by atoms with E-state index in [1.54, 1.807) is 0 Å². The van der Waals surface area contributed by atoms with Crippen molar-refractivity contribution in [2.24, 2.45) is 0 Å². The van der Waals surface area contributed by atoms with Gasteiger partial charge in [0.05, 0.1) is 5.56 Å². The Bertz CT molecular complexity index is 483. The number of amides is 1. The second-order valence-electron chi connectivity index (χ2n) is 4.94. The number of hydrogen-bond acceptors (Lipinski definition) is 5. The van der Waals surface area contributed by atoms with Gasteiger partial charge in [-0.1, -0.05) is 0 Å². The molecule has 0 bridgehead atoms. The van der Waals surface area contributed by atoms with Gasteiger partial charge in [-0.05, 0) is 25.1 Å². The van der Waals surface area contributed by atoms with Gasteiger partial charge in [-0.15, -0.1) is 0 Å². The minimum absolute atomic E-state index is 0.0646. The number of carboxylic acid groups (broad SMARTS) is 1. The zero-order valence-corrected chi connectivity index (χ0v) is 11.8. The zero-order chi connectivity index (χ0) is 15.1. The third kappa shape index (κ3) is 4.80. The smallest absolute Gasteiger partial charge is 0.354 e. The summed E-state index contributed by atoms with van der Waals surface area (Å²) in [5, 5.41) is 14.9. The number of aromatic carboxylic acids is 1. The van der Waals surface area contributed by atoms with Crippen molar-refractivity contribution in [3.05, 3.63) is 29.6 Å². The van der Waals surface area contributed by atoms with E-state index < -0.39 is 5.97 Å². The molecule has 2 heterocycles. The highest BCUT2D eigenvalue weighted by molar-refractivity contribution is 5.94. The maximum atomic E-state index is 11.9. The van der Waals surface area contributed by atoms with Crippen LogP contribution >= 0.6 is 0 Å². The lowest BCUT2D eigenvalue weighted by Gasteiger charge is -2.27. The lowest BCUT2D eigenvalue weighted by Crippen LogP contribution is -2.44. The molecule has 1 aromatic rings. The summed E-state index contributed by atoms with van der Waals surface area (Å²) in [5.41, 5.74) is 0.312. The summed E-state index contributed by atoms with van der Waals surface area (Å²) < 4.78 is 0. The minimum atomic E-state index is -1.10. The SMILES string of the molecule is O=C(NCCCN1CCNCC1)c1ccc(C(=O)O)nc1. The molecule has 7 heteroatoms. The van der Waals surface area contributed by atoms with Gasteiger partial charge < -0.3 is 20.6 Å². The van der Waals surface area contributed by atoms with E-state index in [1.807, 2.05) is 0 Å². The fraction of sp³-hybridized carbons (Fsp3) is 0.500. The number of aromatic nitrogens is 1. The number of pyridine rings is 1. The molecule has 21 heavy (non-hydrogen) atoms. The summed E-state index contributed by atoms with van der Waals surface area (Å²) in [4.78, 5) is 28.6. The molecule has 1 amide bonds. The average molecular weight is 292 g/mol. The normalized spacial score (nSPS) is 15.6. The van der Waals surface area contributed by atoms with Crippen molar-refractivity contribution in [3.63, 3.8) is 0 Å². The summed E-state index contributed by atoms with van der Waals surface area (Å²) in [6.07, 6.45) is 2.18. The van der Waals surface area contributed by atoms with Crippen LogP contribution in [0.2, 0.25) is 0 Å². The first-order chi connectivity index (χ1) is 10.2. The zero-order valence-electron chi connectivity index (χ0n) is 11.8. The molecule has 1 aliphatic heterocycles. The summed E-state index contributed by atoms with van der Waals surface area (Å²) in [7, 11) is 0. The largest absolute Gasteiger partial charge is 0.477 e. The maximum Gasteiger partial charge on any atom is 0.354 e. The predicted molar refractivity (Wildman–Crippen MR) is 77.5 cm³/mol. The molecule has 0 saturated carbocycles. The lowest BCUT2D eigenvalue weighted by atomic mass is 10.2. The number of hydrogen-bond donors (Lipinski definition) is 3. The molecule has 0 spiro atoms. The van der Waals surface area contributed by atoms with Gasteiger partial charge in [0, 0.05) is 38.9 Å². The highest BCUT2D eigenvalue weighted by atomic mass is 16.4. The Balaban J connectivity index is 1.70. The molecule has 7 nitrogen and oxygen atoms in total. The Kier molecular flexibility index (Phi) is 5.65. The van der Waals surface area contributed by atoms with Crippen LogP contribution in [-0.4, -0.2) is 66.1 Å². The van der Waals surface area contributed by atoms with Crippen LogP contribution in [0, 0.1) is 0 Å². The van der Waals surface area contributed by atoms with E-state index in [9.17, 15) is 9.59 Å². The highest BCUT2D eigenvalue weighted by Crippen LogP contribution is 2.01. The van der Waals surface area contributed by atoms with Gasteiger partial charge in [-0.3, -0.25) is 4.79 Å². The Morgan fingerprint density at radius 3 is 2.71 bits per heavy atom. The molecule has 114 valence electrons. The fourth-order valence-electron chi connectivity index (χ4n) is 2.20. The number of carbonyl (C=O) groups is 2. The van der Waals surface area contributed by atoms with E-state index in [4.69, 9.17) is 5.11 Å². The lowest BCUT2D eigenvalue weighted by molar-refractivity contribution is 0.0689. The van der Waals surface area contributed by atoms with E-state index >= 15 is 0 Å². The molecule has 0 radical (unpaired) electrons. The van der Waals surface area contributed by atoms with Gasteiger partial charge in [0.2, 0.25) is 0 Å². The number of rotatable bonds is 6. The molecule has 1 aliphatic rings. The molecule has 3 N–H and O–H groups in total. The predicted octanol–water partition coefficient (Wildman–Crippen LogP) is -0.195. The van der Waals surface area contributed by atoms with Crippen LogP contribution in [0.15, 0.2) is 18.3 Å². The summed E-state index contributed by atoms with van der Waals surface area (Å²) >= 11 is 0. The Morgan fingerprint density at radius 1 is 1.33 bits per heavy atom. The van der Waals surface area contributed by atoms with Crippen molar-refractivity contribution in [2.45, 2.75) is 6.42 Å². The van der Waals surface area contributed by atoms with E-state index in [0.29, 0.717) is 12.1 Å². The Morgan fingerprint density at radius 2 is 2.10 bits per heavy atom. The van der Waals surface area contributed by atoms with Crippen molar-refractivity contribution in [3.8, 4) is 0 Å². The molecule has 0 unspecified atom stereocenters. The van der Waals surface area contributed by atoms with Gasteiger partial charge >= 0.3 is 5.97 Å². The van der Waals surface area contributed by atoms with Gasteiger partial charge in [0.1, 0.15) is 5.69 Å². The third-order valence-corrected chi connectivity index (χ3v) is 3.39. The molecule has 1 aromatic heterocycles. The number of nitrogens with zero attached hydrogens (tertiary/aromatic N) is 2. The molecule has 0 aromatic carbocycles. The molecular weight excluding hydrogens is 272 g/mol. The van der Waals surface area contributed by atoms with Gasteiger partial charge in [-0.2, -0.15) is 0 Å². The molecule has 1 saturated heterocycles. The molecular formula is C14H20N4O3. The first-order valence-corrected chi connectivity index (χ1v) is 7.07. The summed E-state index contributed by atoms with van der Waals surface area (Å²) in [6, 6.07) is 2.81. The third-order valence-electron chi connectivity index (χ3n) is 3.39. The van der Waals surface area contributed by atoms with Crippen LogP contribution in [0.3, 0.4) is 0 Å². The standard InChI is InChI=1S/C14H20N4O3/c19-13(11-2-3-12(14(20)21)17-10-11)16-4-1-7-18-8-5-15-6-9-18/h2-3,10,15H,1,4-9H2,(H,16,19)(H,20,21). The van der Waals surface area contributed by atoms with Crippen LogP contribution in [0.1, 0.15) is 27.3 Å².